The van der Waals surface area contributed by atoms with Crippen molar-refractivity contribution in [1.29, 1.82) is 0 Å². The van der Waals surface area contributed by atoms with Crippen molar-refractivity contribution in [3.05, 3.63) is 57.8 Å². The summed E-state index contributed by atoms with van der Waals surface area (Å²) in [6.45, 7) is 3.93. The molecule has 0 aliphatic heterocycles. The fraction of sp³-hybridized carbons (Fsp3) is 0.154. The van der Waals surface area contributed by atoms with Gasteiger partial charge in [-0.05, 0) is 18.6 Å². The number of halogens is 4. The zero-order valence-electron chi connectivity index (χ0n) is 10.7. The number of ether oxygens (including phenoxy) is 1. The van der Waals surface area contributed by atoms with Gasteiger partial charge in [-0.2, -0.15) is 8.78 Å². The molecule has 0 saturated carbocycles. The second-order valence-electron chi connectivity index (χ2n) is 4.28. The molecule has 0 unspecified atom stereocenters. The molecular formula is C13H9ClF3N2O2. The Bertz CT molecular complexity index is 741. The normalized spacial score (nSPS) is 11.5. The molecule has 8 heteroatoms. The predicted octanol–water partition coefficient (Wildman–Crippen LogP) is 3.65. The zero-order chi connectivity index (χ0) is 15.8. The minimum Gasteiger partial charge on any atom is -0.446 e. The van der Waals surface area contributed by atoms with E-state index in [0.29, 0.717) is 6.92 Å². The lowest BCUT2D eigenvalue weighted by molar-refractivity contribution is 0.0102. The Morgan fingerprint density at radius 2 is 2.10 bits per heavy atom. The van der Waals surface area contributed by atoms with Crippen molar-refractivity contribution in [3.8, 4) is 11.5 Å². The molecule has 4 nitrogen and oxygen atoms in total. The molecule has 2 aromatic rings. The van der Waals surface area contributed by atoms with E-state index < -0.39 is 34.5 Å². The fourth-order valence-electron chi connectivity index (χ4n) is 1.60. The van der Waals surface area contributed by atoms with Crippen LogP contribution in [-0.4, -0.2) is 9.97 Å². The SMILES string of the molecule is [CH2]c1cc(Cl)cc(Oc2c(C(C)(F)F)nc[nH]c2=O)c1F. The molecule has 111 valence electrons. The van der Waals surface area contributed by atoms with Crippen LogP contribution in [0.5, 0.6) is 11.5 Å². The summed E-state index contributed by atoms with van der Waals surface area (Å²) < 4.78 is 45.7. The molecule has 0 spiro atoms. The number of alkyl halides is 2. The summed E-state index contributed by atoms with van der Waals surface area (Å²) in [7, 11) is 0. The summed E-state index contributed by atoms with van der Waals surface area (Å²) >= 11 is 5.72. The van der Waals surface area contributed by atoms with E-state index in [1.54, 1.807) is 0 Å². The summed E-state index contributed by atoms with van der Waals surface area (Å²) in [4.78, 5) is 17.1. The Balaban J connectivity index is 2.58. The van der Waals surface area contributed by atoms with Crippen molar-refractivity contribution in [2.45, 2.75) is 12.8 Å². The van der Waals surface area contributed by atoms with E-state index in [9.17, 15) is 18.0 Å². The van der Waals surface area contributed by atoms with E-state index in [-0.39, 0.29) is 10.6 Å². The van der Waals surface area contributed by atoms with Gasteiger partial charge in [-0.3, -0.25) is 4.79 Å². The zero-order valence-corrected chi connectivity index (χ0v) is 11.5. The Labute approximate surface area is 122 Å². The monoisotopic (exact) mass is 317 g/mol. The third-order valence-electron chi connectivity index (χ3n) is 2.52. The van der Waals surface area contributed by atoms with Crippen molar-refractivity contribution in [2.24, 2.45) is 0 Å². The second-order valence-corrected chi connectivity index (χ2v) is 4.71. The lowest BCUT2D eigenvalue weighted by Crippen LogP contribution is -2.20. The van der Waals surface area contributed by atoms with Crippen molar-refractivity contribution >= 4 is 11.6 Å². The van der Waals surface area contributed by atoms with Crippen LogP contribution in [0.4, 0.5) is 13.2 Å². The Kier molecular flexibility index (Phi) is 3.95. The molecule has 0 fully saturated rings. The number of hydrogen-bond acceptors (Lipinski definition) is 3. The Morgan fingerprint density at radius 1 is 1.43 bits per heavy atom. The quantitative estimate of drug-likeness (QED) is 0.940. The number of H-pyrrole nitrogens is 1. The maximum Gasteiger partial charge on any atom is 0.294 e. The summed E-state index contributed by atoms with van der Waals surface area (Å²) in [5.74, 6) is -5.64. The summed E-state index contributed by atoms with van der Waals surface area (Å²) in [6.07, 6.45) is 0.809. The third kappa shape index (κ3) is 3.18. The largest absolute Gasteiger partial charge is 0.446 e. The molecule has 21 heavy (non-hydrogen) atoms. The van der Waals surface area contributed by atoms with Gasteiger partial charge in [0.25, 0.3) is 11.5 Å². The van der Waals surface area contributed by atoms with Gasteiger partial charge in [-0.15, -0.1) is 0 Å². The molecule has 2 rings (SSSR count). The van der Waals surface area contributed by atoms with Gasteiger partial charge in [0.1, 0.15) is 0 Å². The summed E-state index contributed by atoms with van der Waals surface area (Å²) in [5.41, 5.74) is -1.97. The van der Waals surface area contributed by atoms with E-state index in [1.807, 2.05) is 0 Å². The van der Waals surface area contributed by atoms with Crippen molar-refractivity contribution in [2.75, 3.05) is 0 Å². The van der Waals surface area contributed by atoms with Crippen LogP contribution in [0.1, 0.15) is 18.2 Å². The van der Waals surface area contributed by atoms with Crippen LogP contribution in [0.15, 0.2) is 23.3 Å². The van der Waals surface area contributed by atoms with Crippen LogP contribution >= 0.6 is 11.6 Å². The molecule has 1 radical (unpaired) electrons. The number of benzene rings is 1. The van der Waals surface area contributed by atoms with E-state index in [1.165, 1.54) is 6.07 Å². The number of aromatic nitrogens is 2. The Hall–Kier alpha value is -2.02. The van der Waals surface area contributed by atoms with Crippen LogP contribution < -0.4 is 10.3 Å². The highest BCUT2D eigenvalue weighted by Gasteiger charge is 2.33. The highest BCUT2D eigenvalue weighted by molar-refractivity contribution is 6.30. The van der Waals surface area contributed by atoms with Crippen molar-refractivity contribution < 1.29 is 17.9 Å². The number of aromatic amines is 1. The molecule has 0 saturated heterocycles. The molecule has 1 aromatic carbocycles. The molecule has 0 atom stereocenters. The number of nitrogens with one attached hydrogen (secondary N) is 1. The first-order chi connectivity index (χ1) is 9.70. The molecular weight excluding hydrogens is 309 g/mol. The number of nitrogens with zero attached hydrogens (tertiary/aromatic N) is 1. The number of hydrogen-bond donors (Lipinski definition) is 1. The molecule has 0 amide bonds. The van der Waals surface area contributed by atoms with Gasteiger partial charge in [-0.25, -0.2) is 9.37 Å². The van der Waals surface area contributed by atoms with E-state index in [0.717, 1.165) is 12.4 Å². The standard InChI is InChI=1S/C13H9ClF3N2O2/c1-6-3-7(14)4-8(9(6)15)21-10-11(13(2,16)17)18-5-19-12(10)20/h3-5H,1H2,2H3,(H,18,19,20). The molecule has 1 heterocycles. The van der Waals surface area contributed by atoms with Gasteiger partial charge in [0.05, 0.1) is 6.33 Å². The van der Waals surface area contributed by atoms with Gasteiger partial charge >= 0.3 is 0 Å². The first kappa shape index (κ1) is 15.4. The molecule has 1 aromatic heterocycles. The average Bonchev–Trinajstić information content (AvgIpc) is 2.36. The first-order valence-electron chi connectivity index (χ1n) is 5.65. The molecule has 0 aliphatic carbocycles. The Morgan fingerprint density at radius 3 is 2.71 bits per heavy atom. The molecule has 0 aliphatic rings. The summed E-state index contributed by atoms with van der Waals surface area (Å²) in [6, 6.07) is 2.28. The molecule has 1 N–H and O–H groups in total. The minimum atomic E-state index is -3.44. The van der Waals surface area contributed by atoms with Crippen LogP contribution in [0, 0.1) is 12.7 Å². The van der Waals surface area contributed by atoms with Crippen LogP contribution in [0.2, 0.25) is 5.02 Å². The van der Waals surface area contributed by atoms with Crippen LogP contribution in [0.25, 0.3) is 0 Å². The summed E-state index contributed by atoms with van der Waals surface area (Å²) in [5, 5.41) is 0.0847. The van der Waals surface area contributed by atoms with Crippen molar-refractivity contribution in [3.63, 3.8) is 0 Å². The van der Waals surface area contributed by atoms with E-state index in [4.69, 9.17) is 16.3 Å². The first-order valence-corrected chi connectivity index (χ1v) is 6.03. The van der Waals surface area contributed by atoms with Gasteiger partial charge in [-0.1, -0.05) is 11.6 Å². The maximum atomic E-state index is 13.9. The van der Waals surface area contributed by atoms with E-state index in [2.05, 4.69) is 16.9 Å². The second kappa shape index (κ2) is 5.40. The fourth-order valence-corrected chi connectivity index (χ4v) is 1.83. The van der Waals surface area contributed by atoms with Crippen LogP contribution in [0.3, 0.4) is 0 Å². The van der Waals surface area contributed by atoms with Gasteiger partial charge in [0.15, 0.2) is 17.3 Å². The van der Waals surface area contributed by atoms with Crippen LogP contribution in [-0.2, 0) is 5.92 Å². The molecule has 0 bridgehead atoms. The topological polar surface area (TPSA) is 55.0 Å². The van der Waals surface area contributed by atoms with Gasteiger partial charge < -0.3 is 9.72 Å². The lowest BCUT2D eigenvalue weighted by Gasteiger charge is -2.14. The van der Waals surface area contributed by atoms with E-state index >= 15 is 0 Å². The highest BCUT2D eigenvalue weighted by Crippen LogP contribution is 2.34. The van der Waals surface area contributed by atoms with Crippen molar-refractivity contribution in [1.82, 2.24) is 9.97 Å². The average molecular weight is 318 g/mol. The third-order valence-corrected chi connectivity index (χ3v) is 2.74. The highest BCUT2D eigenvalue weighted by atomic mass is 35.5. The predicted molar refractivity (Wildman–Crippen MR) is 70.4 cm³/mol. The lowest BCUT2D eigenvalue weighted by atomic mass is 10.2. The van der Waals surface area contributed by atoms with Gasteiger partial charge in [0.2, 0.25) is 5.75 Å². The minimum absolute atomic E-state index is 0.0847. The van der Waals surface area contributed by atoms with Gasteiger partial charge in [0, 0.05) is 18.0 Å². The smallest absolute Gasteiger partial charge is 0.294 e. The number of rotatable bonds is 3. The maximum absolute atomic E-state index is 13.9.